The molecule has 0 amide bonds. The van der Waals surface area contributed by atoms with E-state index < -0.39 is 0 Å². The van der Waals surface area contributed by atoms with E-state index in [1.165, 1.54) is 38.9 Å². The molecule has 0 saturated carbocycles. The maximum Gasteiger partial charge on any atom is 0.0122 e. The number of rotatable bonds is 2. The minimum absolute atomic E-state index is 0.736. The van der Waals surface area contributed by atoms with Gasteiger partial charge in [0.2, 0.25) is 0 Å². The molecule has 2 heterocycles. The van der Waals surface area contributed by atoms with Crippen LogP contribution in [0.1, 0.15) is 33.1 Å². The summed E-state index contributed by atoms with van der Waals surface area (Å²) in [5, 5.41) is 3.51. The zero-order valence-electron chi connectivity index (χ0n) is 8.92. The quantitative estimate of drug-likeness (QED) is 0.695. The van der Waals surface area contributed by atoms with Gasteiger partial charge in [-0.2, -0.15) is 0 Å². The summed E-state index contributed by atoms with van der Waals surface area (Å²) in [4.78, 5) is 2.69. The van der Waals surface area contributed by atoms with Crippen LogP contribution in [-0.4, -0.2) is 36.6 Å². The van der Waals surface area contributed by atoms with E-state index in [0.29, 0.717) is 0 Å². The highest BCUT2D eigenvalue weighted by molar-refractivity contribution is 4.89. The van der Waals surface area contributed by atoms with E-state index in [2.05, 4.69) is 24.1 Å². The third-order valence-corrected chi connectivity index (χ3v) is 3.68. The zero-order chi connectivity index (χ0) is 9.26. The van der Waals surface area contributed by atoms with E-state index in [1.807, 2.05) is 0 Å². The molecule has 0 aliphatic carbocycles. The summed E-state index contributed by atoms with van der Waals surface area (Å²) in [5.74, 6) is 1.00. The summed E-state index contributed by atoms with van der Waals surface area (Å²) in [5.41, 5.74) is 0. The molecule has 2 saturated heterocycles. The molecule has 2 aliphatic rings. The van der Waals surface area contributed by atoms with Crippen molar-refractivity contribution in [3.8, 4) is 0 Å². The first kappa shape index (κ1) is 9.47. The second-order valence-corrected chi connectivity index (χ2v) is 4.76. The summed E-state index contributed by atoms with van der Waals surface area (Å²) in [6, 6.07) is 1.62. The predicted octanol–water partition coefficient (Wildman–Crippen LogP) is 1.47. The van der Waals surface area contributed by atoms with Gasteiger partial charge in [-0.1, -0.05) is 13.3 Å². The number of hydrogen-bond donors (Lipinski definition) is 1. The van der Waals surface area contributed by atoms with E-state index in [1.54, 1.807) is 0 Å². The lowest BCUT2D eigenvalue weighted by Crippen LogP contribution is -2.56. The van der Waals surface area contributed by atoms with Crippen LogP contribution in [0.5, 0.6) is 0 Å². The van der Waals surface area contributed by atoms with Crippen LogP contribution in [0.2, 0.25) is 0 Å². The largest absolute Gasteiger partial charge is 0.314 e. The lowest BCUT2D eigenvalue weighted by molar-refractivity contribution is 0.0305. The van der Waals surface area contributed by atoms with Gasteiger partial charge in [-0.3, -0.25) is 4.90 Å². The van der Waals surface area contributed by atoms with Gasteiger partial charge in [0.15, 0.2) is 0 Å². The van der Waals surface area contributed by atoms with Crippen molar-refractivity contribution < 1.29 is 0 Å². The number of hydrogen-bond acceptors (Lipinski definition) is 2. The molecule has 2 unspecified atom stereocenters. The van der Waals surface area contributed by atoms with Crippen LogP contribution in [0.15, 0.2) is 0 Å². The van der Waals surface area contributed by atoms with E-state index in [4.69, 9.17) is 0 Å². The Morgan fingerprint density at radius 3 is 2.77 bits per heavy atom. The van der Waals surface area contributed by atoms with Crippen molar-refractivity contribution in [1.82, 2.24) is 10.2 Å². The van der Waals surface area contributed by atoms with Gasteiger partial charge < -0.3 is 5.32 Å². The fourth-order valence-corrected chi connectivity index (χ4v) is 2.60. The Bertz CT molecular complexity index is 163. The van der Waals surface area contributed by atoms with E-state index in [-0.39, 0.29) is 0 Å². The SMILES string of the molecule is CCC1CN(C2CCNC(C)C2)C1. The highest BCUT2D eigenvalue weighted by atomic mass is 15.2. The summed E-state index contributed by atoms with van der Waals surface area (Å²) >= 11 is 0. The average Bonchev–Trinajstić information content (AvgIpc) is 2.02. The molecule has 2 fully saturated rings. The molecule has 0 aromatic carbocycles. The topological polar surface area (TPSA) is 15.3 Å². The lowest BCUT2D eigenvalue weighted by Gasteiger charge is -2.46. The fraction of sp³-hybridized carbons (Fsp3) is 1.00. The fourth-order valence-electron chi connectivity index (χ4n) is 2.60. The first-order valence-corrected chi connectivity index (χ1v) is 5.77. The van der Waals surface area contributed by atoms with Crippen molar-refractivity contribution in [1.29, 1.82) is 0 Å². The standard InChI is InChI=1S/C11H22N2/c1-3-10-7-13(8-10)11-4-5-12-9(2)6-11/h9-12H,3-8H2,1-2H3. The Morgan fingerprint density at radius 2 is 2.15 bits per heavy atom. The molecule has 0 bridgehead atoms. The Balaban J connectivity index is 1.75. The maximum absolute atomic E-state index is 3.51. The van der Waals surface area contributed by atoms with Crippen molar-refractivity contribution >= 4 is 0 Å². The molecule has 76 valence electrons. The molecular formula is C11H22N2. The smallest absolute Gasteiger partial charge is 0.0122 e. The number of nitrogens with one attached hydrogen (secondary N) is 1. The highest BCUT2D eigenvalue weighted by Gasteiger charge is 2.32. The van der Waals surface area contributed by atoms with E-state index >= 15 is 0 Å². The summed E-state index contributed by atoms with van der Waals surface area (Å²) < 4.78 is 0. The second kappa shape index (κ2) is 3.97. The third kappa shape index (κ3) is 2.05. The zero-order valence-corrected chi connectivity index (χ0v) is 8.92. The molecule has 2 rings (SSSR count). The van der Waals surface area contributed by atoms with Crippen LogP contribution in [-0.2, 0) is 0 Å². The molecular weight excluding hydrogens is 160 g/mol. The monoisotopic (exact) mass is 182 g/mol. The molecule has 2 aliphatic heterocycles. The minimum atomic E-state index is 0.736. The molecule has 0 aromatic rings. The van der Waals surface area contributed by atoms with Crippen molar-refractivity contribution in [3.05, 3.63) is 0 Å². The molecule has 0 aromatic heterocycles. The van der Waals surface area contributed by atoms with Gasteiger partial charge in [-0.25, -0.2) is 0 Å². The molecule has 1 N–H and O–H groups in total. The average molecular weight is 182 g/mol. The van der Waals surface area contributed by atoms with Gasteiger partial charge in [-0.15, -0.1) is 0 Å². The van der Waals surface area contributed by atoms with Gasteiger partial charge in [0.1, 0.15) is 0 Å². The van der Waals surface area contributed by atoms with Crippen molar-refractivity contribution in [2.45, 2.75) is 45.2 Å². The van der Waals surface area contributed by atoms with Crippen molar-refractivity contribution in [2.24, 2.45) is 5.92 Å². The number of nitrogens with zero attached hydrogens (tertiary/aromatic N) is 1. The predicted molar refractivity (Wildman–Crippen MR) is 55.8 cm³/mol. The van der Waals surface area contributed by atoms with Gasteiger partial charge in [0.05, 0.1) is 0 Å². The first-order chi connectivity index (χ1) is 6.29. The molecule has 2 nitrogen and oxygen atoms in total. The van der Waals surface area contributed by atoms with Crippen LogP contribution in [0, 0.1) is 5.92 Å². The van der Waals surface area contributed by atoms with Crippen LogP contribution < -0.4 is 5.32 Å². The van der Waals surface area contributed by atoms with Crippen molar-refractivity contribution in [2.75, 3.05) is 19.6 Å². The second-order valence-electron chi connectivity index (χ2n) is 4.76. The van der Waals surface area contributed by atoms with Crippen LogP contribution >= 0.6 is 0 Å². The van der Waals surface area contributed by atoms with Crippen LogP contribution in [0.25, 0.3) is 0 Å². The van der Waals surface area contributed by atoms with Crippen LogP contribution in [0.3, 0.4) is 0 Å². The molecule has 2 heteroatoms. The van der Waals surface area contributed by atoms with Gasteiger partial charge >= 0.3 is 0 Å². The van der Waals surface area contributed by atoms with E-state index in [0.717, 1.165) is 18.0 Å². The van der Waals surface area contributed by atoms with Gasteiger partial charge in [0.25, 0.3) is 0 Å². The third-order valence-electron chi connectivity index (χ3n) is 3.68. The summed E-state index contributed by atoms with van der Waals surface area (Å²) in [6.07, 6.45) is 4.09. The Labute approximate surface area is 81.7 Å². The molecule has 0 spiro atoms. The lowest BCUT2D eigenvalue weighted by atomic mass is 9.90. The van der Waals surface area contributed by atoms with Gasteiger partial charge in [-0.05, 0) is 32.2 Å². The maximum atomic E-state index is 3.51. The Hall–Kier alpha value is -0.0800. The number of likely N-dealkylation sites (tertiary alicyclic amines) is 1. The van der Waals surface area contributed by atoms with Gasteiger partial charge in [0, 0.05) is 25.2 Å². The molecule has 0 radical (unpaired) electrons. The Kier molecular flexibility index (Phi) is 2.89. The number of piperidine rings is 1. The van der Waals surface area contributed by atoms with E-state index in [9.17, 15) is 0 Å². The molecule has 13 heavy (non-hydrogen) atoms. The van der Waals surface area contributed by atoms with Crippen LogP contribution in [0.4, 0.5) is 0 Å². The first-order valence-electron chi connectivity index (χ1n) is 5.77. The minimum Gasteiger partial charge on any atom is -0.314 e. The molecule has 2 atom stereocenters. The summed E-state index contributed by atoms with van der Waals surface area (Å²) in [7, 11) is 0. The Morgan fingerprint density at radius 1 is 1.38 bits per heavy atom. The normalized spacial score (nSPS) is 37.4. The summed E-state index contributed by atoms with van der Waals surface area (Å²) in [6.45, 7) is 8.58. The van der Waals surface area contributed by atoms with Crippen molar-refractivity contribution in [3.63, 3.8) is 0 Å². The highest BCUT2D eigenvalue weighted by Crippen LogP contribution is 2.26.